The maximum Gasteiger partial charge on any atom is 0.123 e. The summed E-state index contributed by atoms with van der Waals surface area (Å²) in [5.74, 6) is 1.57. The van der Waals surface area contributed by atoms with Gasteiger partial charge in [-0.2, -0.15) is 0 Å². The minimum Gasteiger partial charge on any atom is -0.381 e. The first-order valence-electron chi connectivity index (χ1n) is 2.96. The lowest BCUT2D eigenvalue weighted by Gasteiger charge is -1.92. The summed E-state index contributed by atoms with van der Waals surface area (Å²) in [6, 6.07) is 0. The number of hydrogen-bond acceptors (Lipinski definition) is 2. The Balaban J connectivity index is 2.03. The van der Waals surface area contributed by atoms with Crippen molar-refractivity contribution in [2.45, 2.75) is 0 Å². The zero-order chi connectivity index (χ0) is 5.56. The number of aldehydes is 1. The molecule has 0 spiro atoms. The van der Waals surface area contributed by atoms with Crippen LogP contribution in [0.5, 0.6) is 0 Å². The van der Waals surface area contributed by atoms with E-state index in [4.69, 9.17) is 4.74 Å². The van der Waals surface area contributed by atoms with Crippen LogP contribution in [0.2, 0.25) is 0 Å². The molecule has 2 heteroatoms. The van der Waals surface area contributed by atoms with Crippen LogP contribution in [0.1, 0.15) is 0 Å². The van der Waals surface area contributed by atoms with Gasteiger partial charge >= 0.3 is 0 Å². The predicted molar refractivity (Wildman–Crippen MR) is 27.4 cm³/mol. The first-order chi connectivity index (χ1) is 3.93. The van der Waals surface area contributed by atoms with E-state index in [1.807, 2.05) is 0 Å². The van der Waals surface area contributed by atoms with Crippen molar-refractivity contribution in [3.8, 4) is 0 Å². The van der Waals surface area contributed by atoms with Crippen LogP contribution in [0, 0.1) is 17.8 Å². The molecule has 0 N–H and O–H groups in total. The molecule has 1 heterocycles. The van der Waals surface area contributed by atoms with Crippen molar-refractivity contribution in [3.05, 3.63) is 0 Å². The van der Waals surface area contributed by atoms with Gasteiger partial charge in [-0.1, -0.05) is 0 Å². The van der Waals surface area contributed by atoms with Gasteiger partial charge in [-0.25, -0.2) is 0 Å². The van der Waals surface area contributed by atoms with Crippen LogP contribution in [0.3, 0.4) is 0 Å². The van der Waals surface area contributed by atoms with Crippen molar-refractivity contribution >= 4 is 6.29 Å². The molecule has 0 aromatic rings. The third kappa shape index (κ3) is 0.388. The van der Waals surface area contributed by atoms with Crippen molar-refractivity contribution in [1.29, 1.82) is 0 Å². The number of fused-ring (bicyclic) bond motifs is 1. The normalized spacial score (nSPS) is 50.8. The molecule has 1 saturated carbocycles. The van der Waals surface area contributed by atoms with Crippen molar-refractivity contribution in [2.75, 3.05) is 13.2 Å². The summed E-state index contributed by atoms with van der Waals surface area (Å²) in [6.45, 7) is 1.65. The molecule has 0 amide bonds. The monoisotopic (exact) mass is 112 g/mol. The zero-order valence-electron chi connectivity index (χ0n) is 4.54. The molecule has 2 nitrogen and oxygen atoms in total. The first-order valence-corrected chi connectivity index (χ1v) is 2.96. The minimum absolute atomic E-state index is 0.365. The standard InChI is InChI=1S/C6H8O2/c7-1-4-5-2-8-3-6(4)5/h1,4-6H,2-3H2/t4-,5+,6-. The summed E-state index contributed by atoms with van der Waals surface area (Å²) in [5.41, 5.74) is 0. The summed E-state index contributed by atoms with van der Waals surface area (Å²) in [5, 5.41) is 0. The van der Waals surface area contributed by atoms with E-state index in [-0.39, 0.29) is 0 Å². The van der Waals surface area contributed by atoms with Gasteiger partial charge in [0.2, 0.25) is 0 Å². The quantitative estimate of drug-likeness (QED) is 0.449. The zero-order valence-corrected chi connectivity index (χ0v) is 4.54. The number of rotatable bonds is 1. The lowest BCUT2D eigenvalue weighted by molar-refractivity contribution is -0.110. The number of hydrogen-bond donors (Lipinski definition) is 0. The number of carbonyl (C=O) groups excluding carboxylic acids is 1. The Labute approximate surface area is 47.8 Å². The van der Waals surface area contributed by atoms with Crippen molar-refractivity contribution in [3.63, 3.8) is 0 Å². The molecule has 1 saturated heterocycles. The molecular weight excluding hydrogens is 104 g/mol. The summed E-state index contributed by atoms with van der Waals surface area (Å²) in [4.78, 5) is 10.1. The first kappa shape index (κ1) is 4.50. The van der Waals surface area contributed by atoms with E-state index in [1.165, 1.54) is 0 Å². The van der Waals surface area contributed by atoms with Gasteiger partial charge in [0.1, 0.15) is 6.29 Å². The molecule has 0 unspecified atom stereocenters. The molecule has 0 aromatic heterocycles. The maximum absolute atomic E-state index is 10.1. The number of carbonyl (C=O) groups is 1. The van der Waals surface area contributed by atoms with Gasteiger partial charge in [-0.05, 0) is 11.8 Å². The lowest BCUT2D eigenvalue weighted by Crippen LogP contribution is -1.97. The summed E-state index contributed by atoms with van der Waals surface area (Å²) in [7, 11) is 0. The molecule has 2 fully saturated rings. The van der Waals surface area contributed by atoms with Gasteiger partial charge in [0, 0.05) is 5.92 Å². The molecule has 0 bridgehead atoms. The highest BCUT2D eigenvalue weighted by molar-refractivity contribution is 5.60. The summed E-state index contributed by atoms with van der Waals surface area (Å²) >= 11 is 0. The fourth-order valence-corrected chi connectivity index (χ4v) is 1.49. The van der Waals surface area contributed by atoms with Crippen LogP contribution in [0.15, 0.2) is 0 Å². The van der Waals surface area contributed by atoms with Crippen molar-refractivity contribution < 1.29 is 9.53 Å². The van der Waals surface area contributed by atoms with E-state index in [1.54, 1.807) is 0 Å². The molecule has 44 valence electrons. The van der Waals surface area contributed by atoms with E-state index in [0.717, 1.165) is 19.5 Å². The summed E-state index contributed by atoms with van der Waals surface area (Å²) < 4.78 is 5.08. The third-order valence-corrected chi connectivity index (χ3v) is 2.18. The molecule has 3 atom stereocenters. The Morgan fingerprint density at radius 3 is 2.38 bits per heavy atom. The second-order valence-electron chi connectivity index (χ2n) is 2.58. The van der Waals surface area contributed by atoms with Gasteiger partial charge in [0.25, 0.3) is 0 Å². The van der Waals surface area contributed by atoms with Gasteiger partial charge < -0.3 is 9.53 Å². The van der Waals surface area contributed by atoms with Crippen LogP contribution in [0.4, 0.5) is 0 Å². The van der Waals surface area contributed by atoms with E-state index in [9.17, 15) is 4.79 Å². The van der Waals surface area contributed by atoms with Crippen molar-refractivity contribution in [2.24, 2.45) is 17.8 Å². The lowest BCUT2D eigenvalue weighted by atomic mass is 10.3. The third-order valence-electron chi connectivity index (χ3n) is 2.18. The smallest absolute Gasteiger partial charge is 0.123 e. The van der Waals surface area contributed by atoms with Gasteiger partial charge in [0.15, 0.2) is 0 Å². The molecule has 2 aliphatic rings. The van der Waals surface area contributed by atoms with Gasteiger partial charge in [-0.15, -0.1) is 0 Å². The Hall–Kier alpha value is -0.370. The van der Waals surface area contributed by atoms with Crippen LogP contribution < -0.4 is 0 Å². The molecule has 1 aliphatic carbocycles. The van der Waals surface area contributed by atoms with Crippen molar-refractivity contribution in [1.82, 2.24) is 0 Å². The van der Waals surface area contributed by atoms with Crippen LogP contribution in [-0.4, -0.2) is 19.5 Å². The molecule has 0 radical (unpaired) electrons. The topological polar surface area (TPSA) is 26.3 Å². The van der Waals surface area contributed by atoms with Crippen LogP contribution >= 0.6 is 0 Å². The van der Waals surface area contributed by atoms with E-state index >= 15 is 0 Å². The van der Waals surface area contributed by atoms with Gasteiger partial charge in [0.05, 0.1) is 13.2 Å². The second-order valence-corrected chi connectivity index (χ2v) is 2.58. The Kier molecular flexibility index (Phi) is 0.742. The van der Waals surface area contributed by atoms with Crippen LogP contribution in [0.25, 0.3) is 0 Å². The highest BCUT2D eigenvalue weighted by Crippen LogP contribution is 2.48. The van der Waals surface area contributed by atoms with E-state index in [2.05, 4.69) is 0 Å². The SMILES string of the molecule is O=C[C@H]1[C@H]2COC[C@@H]12. The molecule has 0 aromatic carbocycles. The predicted octanol–water partition coefficient (Wildman–Crippen LogP) is 0.0777. The fourth-order valence-electron chi connectivity index (χ4n) is 1.49. The maximum atomic E-state index is 10.1. The Morgan fingerprint density at radius 1 is 1.38 bits per heavy atom. The average Bonchev–Trinajstić information content (AvgIpc) is 2.22. The van der Waals surface area contributed by atoms with E-state index < -0.39 is 0 Å². The number of ether oxygens (including phenoxy) is 1. The molecule has 1 aliphatic heterocycles. The van der Waals surface area contributed by atoms with Gasteiger partial charge in [-0.3, -0.25) is 0 Å². The second kappa shape index (κ2) is 1.32. The highest BCUT2D eigenvalue weighted by Gasteiger charge is 2.53. The summed E-state index contributed by atoms with van der Waals surface area (Å²) in [6.07, 6.45) is 1.07. The largest absolute Gasteiger partial charge is 0.381 e. The minimum atomic E-state index is 0.365. The molecule has 8 heavy (non-hydrogen) atoms. The fraction of sp³-hybridized carbons (Fsp3) is 0.833. The Bertz CT molecular complexity index is 112. The highest BCUT2D eigenvalue weighted by atomic mass is 16.5. The van der Waals surface area contributed by atoms with E-state index in [0.29, 0.717) is 17.8 Å². The Morgan fingerprint density at radius 2 is 2.00 bits per heavy atom. The average molecular weight is 112 g/mol. The molecule has 2 rings (SSSR count). The van der Waals surface area contributed by atoms with Crippen LogP contribution in [-0.2, 0) is 9.53 Å². The molecular formula is C6H8O2.